The number of nitrogens with one attached hydrogen (secondary N) is 2. The number of carbonyl (C=O) groups excluding carboxylic acids is 1. The third-order valence-electron chi connectivity index (χ3n) is 4.29. The largest absolute Gasteiger partial charge is 0.315 e. The van der Waals surface area contributed by atoms with E-state index in [9.17, 15) is 4.79 Å². The topological polar surface area (TPSA) is 89.7 Å². The SMILES string of the molecule is O=C(Nc1nncn1-c1ccccc1)c1ccn(C2CCCNC2)n1. The van der Waals surface area contributed by atoms with Crippen molar-refractivity contribution in [2.75, 3.05) is 18.4 Å². The van der Waals surface area contributed by atoms with Gasteiger partial charge in [-0.25, -0.2) is 0 Å². The van der Waals surface area contributed by atoms with Crippen LogP contribution in [-0.2, 0) is 0 Å². The van der Waals surface area contributed by atoms with E-state index in [2.05, 4.69) is 25.9 Å². The summed E-state index contributed by atoms with van der Waals surface area (Å²) in [4.78, 5) is 12.5. The normalized spacial score (nSPS) is 17.4. The molecule has 0 saturated carbocycles. The van der Waals surface area contributed by atoms with Gasteiger partial charge in [-0.3, -0.25) is 19.4 Å². The number of para-hydroxylation sites is 1. The van der Waals surface area contributed by atoms with Crippen molar-refractivity contribution in [1.29, 1.82) is 0 Å². The van der Waals surface area contributed by atoms with E-state index >= 15 is 0 Å². The third kappa shape index (κ3) is 3.29. The van der Waals surface area contributed by atoms with Crippen LogP contribution in [0.15, 0.2) is 48.9 Å². The smallest absolute Gasteiger partial charge is 0.278 e. The van der Waals surface area contributed by atoms with Crippen LogP contribution in [0.3, 0.4) is 0 Å². The van der Waals surface area contributed by atoms with E-state index in [4.69, 9.17) is 0 Å². The lowest BCUT2D eigenvalue weighted by Gasteiger charge is -2.22. The molecule has 8 nitrogen and oxygen atoms in total. The van der Waals surface area contributed by atoms with E-state index < -0.39 is 0 Å². The predicted octanol–water partition coefficient (Wildman–Crippen LogP) is 1.64. The number of carbonyl (C=O) groups is 1. The Balaban J connectivity index is 1.50. The Labute approximate surface area is 144 Å². The number of rotatable bonds is 4. The molecule has 1 unspecified atom stereocenters. The minimum Gasteiger partial charge on any atom is -0.315 e. The third-order valence-corrected chi connectivity index (χ3v) is 4.29. The van der Waals surface area contributed by atoms with Gasteiger partial charge < -0.3 is 5.32 Å². The summed E-state index contributed by atoms with van der Waals surface area (Å²) in [7, 11) is 0. The Morgan fingerprint density at radius 3 is 2.92 bits per heavy atom. The highest BCUT2D eigenvalue weighted by Gasteiger charge is 2.19. The molecule has 4 rings (SSSR count). The molecule has 3 heterocycles. The van der Waals surface area contributed by atoms with Gasteiger partial charge in [-0.1, -0.05) is 18.2 Å². The summed E-state index contributed by atoms with van der Waals surface area (Å²) in [5.41, 5.74) is 1.25. The van der Waals surface area contributed by atoms with E-state index in [0.717, 1.165) is 31.6 Å². The molecule has 2 N–H and O–H groups in total. The fourth-order valence-corrected chi connectivity index (χ4v) is 2.99. The van der Waals surface area contributed by atoms with Crippen molar-refractivity contribution in [3.8, 4) is 5.69 Å². The van der Waals surface area contributed by atoms with E-state index in [-0.39, 0.29) is 5.91 Å². The summed E-state index contributed by atoms with van der Waals surface area (Å²) in [5, 5.41) is 18.4. The Morgan fingerprint density at radius 1 is 1.24 bits per heavy atom. The van der Waals surface area contributed by atoms with Gasteiger partial charge >= 0.3 is 0 Å². The molecule has 2 aromatic heterocycles. The van der Waals surface area contributed by atoms with Gasteiger partial charge in [-0.2, -0.15) is 5.10 Å². The summed E-state index contributed by atoms with van der Waals surface area (Å²) in [6.45, 7) is 1.92. The molecule has 0 radical (unpaired) electrons. The first-order valence-corrected chi connectivity index (χ1v) is 8.34. The van der Waals surface area contributed by atoms with Crippen LogP contribution >= 0.6 is 0 Å². The van der Waals surface area contributed by atoms with Crippen molar-refractivity contribution in [3.63, 3.8) is 0 Å². The molecule has 1 amide bonds. The second kappa shape index (κ2) is 6.86. The van der Waals surface area contributed by atoms with Gasteiger partial charge in [0.15, 0.2) is 5.69 Å². The van der Waals surface area contributed by atoms with Gasteiger partial charge in [0.25, 0.3) is 5.91 Å². The lowest BCUT2D eigenvalue weighted by Crippen LogP contribution is -2.32. The molecule has 3 aromatic rings. The molecule has 25 heavy (non-hydrogen) atoms. The molecule has 1 aliphatic heterocycles. The monoisotopic (exact) mass is 337 g/mol. The zero-order chi connectivity index (χ0) is 17.1. The molecule has 1 aromatic carbocycles. The number of aromatic nitrogens is 5. The van der Waals surface area contributed by atoms with Crippen LogP contribution in [-0.4, -0.2) is 43.5 Å². The number of benzene rings is 1. The average Bonchev–Trinajstić information content (AvgIpc) is 3.33. The average molecular weight is 337 g/mol. The Morgan fingerprint density at radius 2 is 2.12 bits per heavy atom. The van der Waals surface area contributed by atoms with Gasteiger partial charge in [0.2, 0.25) is 5.95 Å². The second-order valence-electron chi connectivity index (χ2n) is 6.00. The van der Waals surface area contributed by atoms with Crippen molar-refractivity contribution in [1.82, 2.24) is 29.9 Å². The van der Waals surface area contributed by atoms with Crippen LogP contribution in [0.25, 0.3) is 5.69 Å². The molecule has 0 spiro atoms. The first-order valence-electron chi connectivity index (χ1n) is 8.34. The molecule has 1 fully saturated rings. The van der Waals surface area contributed by atoms with Crippen LogP contribution in [0.4, 0.5) is 5.95 Å². The molecular formula is C17H19N7O. The molecular weight excluding hydrogens is 318 g/mol. The van der Waals surface area contributed by atoms with Crippen molar-refractivity contribution >= 4 is 11.9 Å². The maximum Gasteiger partial charge on any atom is 0.278 e. The zero-order valence-corrected chi connectivity index (χ0v) is 13.7. The number of hydrogen-bond acceptors (Lipinski definition) is 5. The summed E-state index contributed by atoms with van der Waals surface area (Å²) in [6.07, 6.45) is 5.61. The fourth-order valence-electron chi connectivity index (χ4n) is 2.99. The minimum absolute atomic E-state index is 0.295. The van der Waals surface area contributed by atoms with Crippen molar-refractivity contribution in [2.45, 2.75) is 18.9 Å². The molecule has 1 saturated heterocycles. The van der Waals surface area contributed by atoms with Gasteiger partial charge in [0, 0.05) is 12.7 Å². The summed E-state index contributed by atoms with van der Waals surface area (Å²) >= 11 is 0. The first kappa shape index (κ1) is 15.5. The van der Waals surface area contributed by atoms with E-state index in [1.165, 1.54) is 0 Å². The van der Waals surface area contributed by atoms with Crippen LogP contribution in [0.2, 0.25) is 0 Å². The maximum atomic E-state index is 12.5. The van der Waals surface area contributed by atoms with Gasteiger partial charge in [-0.15, -0.1) is 10.2 Å². The molecule has 1 aliphatic rings. The fraction of sp³-hybridized carbons (Fsp3) is 0.294. The van der Waals surface area contributed by atoms with Crippen molar-refractivity contribution < 1.29 is 4.79 Å². The standard InChI is InChI=1S/C17H19N7O/c25-16(15-8-10-24(22-15)14-7-4-9-18-11-14)20-17-21-19-12-23(17)13-5-2-1-3-6-13/h1-3,5-6,8,10,12,14,18H,4,7,9,11H2,(H,20,21,25). The van der Waals surface area contributed by atoms with Crippen LogP contribution in [0, 0.1) is 0 Å². The van der Waals surface area contributed by atoms with Crippen molar-refractivity contribution in [2.24, 2.45) is 0 Å². The van der Waals surface area contributed by atoms with Crippen molar-refractivity contribution in [3.05, 3.63) is 54.6 Å². The van der Waals surface area contributed by atoms with E-state index in [0.29, 0.717) is 17.7 Å². The minimum atomic E-state index is -0.298. The summed E-state index contributed by atoms with van der Waals surface area (Å²) in [5.74, 6) is 0.0674. The zero-order valence-electron chi connectivity index (χ0n) is 13.7. The number of anilines is 1. The van der Waals surface area contributed by atoms with E-state index in [1.807, 2.05) is 41.2 Å². The highest BCUT2D eigenvalue weighted by molar-refractivity contribution is 6.01. The molecule has 1 atom stereocenters. The van der Waals surface area contributed by atoms with Gasteiger partial charge in [0.1, 0.15) is 6.33 Å². The van der Waals surface area contributed by atoms with E-state index in [1.54, 1.807) is 17.0 Å². The highest BCUT2D eigenvalue weighted by Crippen LogP contribution is 2.17. The Hall–Kier alpha value is -3.00. The number of piperidine rings is 1. The predicted molar refractivity (Wildman–Crippen MR) is 92.7 cm³/mol. The molecule has 0 bridgehead atoms. The lowest BCUT2D eigenvalue weighted by atomic mass is 10.1. The van der Waals surface area contributed by atoms with Crippen LogP contribution < -0.4 is 10.6 Å². The Bertz CT molecular complexity index is 849. The quantitative estimate of drug-likeness (QED) is 0.755. The highest BCUT2D eigenvalue weighted by atomic mass is 16.2. The number of hydrogen-bond donors (Lipinski definition) is 2. The van der Waals surface area contributed by atoms with Crippen LogP contribution in [0.1, 0.15) is 29.4 Å². The van der Waals surface area contributed by atoms with Gasteiger partial charge in [0.05, 0.1) is 11.7 Å². The lowest BCUT2D eigenvalue weighted by molar-refractivity contribution is 0.102. The molecule has 0 aliphatic carbocycles. The first-order chi connectivity index (χ1) is 12.3. The summed E-state index contributed by atoms with van der Waals surface area (Å²) in [6, 6.07) is 11.6. The summed E-state index contributed by atoms with van der Waals surface area (Å²) < 4.78 is 3.59. The Kier molecular flexibility index (Phi) is 4.26. The maximum absolute atomic E-state index is 12.5. The molecule has 128 valence electrons. The second-order valence-corrected chi connectivity index (χ2v) is 6.00. The molecule has 8 heteroatoms. The van der Waals surface area contributed by atoms with Gasteiger partial charge in [-0.05, 0) is 37.6 Å². The number of amides is 1. The number of nitrogens with zero attached hydrogens (tertiary/aromatic N) is 5. The van der Waals surface area contributed by atoms with Crippen LogP contribution in [0.5, 0.6) is 0 Å².